The van der Waals surface area contributed by atoms with Crippen molar-refractivity contribution in [2.75, 3.05) is 0 Å². The molecule has 1 aromatic heterocycles. The lowest BCUT2D eigenvalue weighted by Crippen LogP contribution is -2.09. The first-order valence-corrected chi connectivity index (χ1v) is 6.88. The van der Waals surface area contributed by atoms with E-state index in [0.29, 0.717) is 11.4 Å². The van der Waals surface area contributed by atoms with Gasteiger partial charge in [0.25, 0.3) is 5.69 Å². The maximum Gasteiger partial charge on any atom is 0.269 e. The molecule has 21 heavy (non-hydrogen) atoms. The standard InChI is InChI=1S/C14H18N4O3/c1-3-4-10(2)14(19)13-9-17(16-15-13)11-5-7-12(8-6-11)18(20)21/h5-10,14,19H,3-4H2,1-2H3. The highest BCUT2D eigenvalue weighted by Crippen LogP contribution is 2.24. The first kappa shape index (κ1) is 15.1. The van der Waals surface area contributed by atoms with Gasteiger partial charge in [-0.2, -0.15) is 0 Å². The molecule has 0 amide bonds. The fraction of sp³-hybridized carbons (Fsp3) is 0.429. The molecule has 0 aliphatic carbocycles. The Balaban J connectivity index is 2.17. The van der Waals surface area contributed by atoms with Gasteiger partial charge in [0.15, 0.2) is 0 Å². The summed E-state index contributed by atoms with van der Waals surface area (Å²) in [6, 6.07) is 6.01. The molecule has 7 heteroatoms. The van der Waals surface area contributed by atoms with E-state index in [1.54, 1.807) is 18.3 Å². The number of nitro groups is 1. The van der Waals surface area contributed by atoms with Crippen LogP contribution >= 0.6 is 0 Å². The summed E-state index contributed by atoms with van der Waals surface area (Å²) < 4.78 is 1.50. The highest BCUT2D eigenvalue weighted by Gasteiger charge is 2.19. The van der Waals surface area contributed by atoms with E-state index in [4.69, 9.17) is 0 Å². The van der Waals surface area contributed by atoms with Crippen LogP contribution in [0.25, 0.3) is 5.69 Å². The van der Waals surface area contributed by atoms with E-state index >= 15 is 0 Å². The number of aromatic nitrogens is 3. The predicted octanol–water partition coefficient (Wildman–Crippen LogP) is 2.65. The topological polar surface area (TPSA) is 94.1 Å². The van der Waals surface area contributed by atoms with Crippen molar-refractivity contribution in [2.24, 2.45) is 5.92 Å². The average molecular weight is 290 g/mol. The zero-order chi connectivity index (χ0) is 15.4. The number of aliphatic hydroxyl groups is 1. The monoisotopic (exact) mass is 290 g/mol. The van der Waals surface area contributed by atoms with Crippen LogP contribution in [0, 0.1) is 16.0 Å². The van der Waals surface area contributed by atoms with Gasteiger partial charge in [-0.15, -0.1) is 5.10 Å². The normalized spacial score (nSPS) is 13.9. The predicted molar refractivity (Wildman–Crippen MR) is 77.0 cm³/mol. The molecule has 0 spiro atoms. The van der Waals surface area contributed by atoms with Gasteiger partial charge in [-0.25, -0.2) is 4.68 Å². The van der Waals surface area contributed by atoms with Gasteiger partial charge in [-0.3, -0.25) is 10.1 Å². The minimum absolute atomic E-state index is 0.0238. The maximum atomic E-state index is 10.6. The van der Waals surface area contributed by atoms with Crippen molar-refractivity contribution in [1.29, 1.82) is 0 Å². The van der Waals surface area contributed by atoms with Crippen LogP contribution in [0.4, 0.5) is 5.69 Å². The molecule has 0 saturated carbocycles. The number of nitro benzene ring substituents is 1. The van der Waals surface area contributed by atoms with Crippen LogP contribution in [0.3, 0.4) is 0 Å². The lowest BCUT2D eigenvalue weighted by atomic mass is 9.97. The Morgan fingerprint density at radius 1 is 1.38 bits per heavy atom. The van der Waals surface area contributed by atoms with E-state index < -0.39 is 11.0 Å². The molecule has 0 fully saturated rings. The number of rotatable bonds is 6. The fourth-order valence-electron chi connectivity index (χ4n) is 2.17. The molecule has 0 aliphatic heterocycles. The summed E-state index contributed by atoms with van der Waals surface area (Å²) in [4.78, 5) is 10.2. The van der Waals surface area contributed by atoms with Gasteiger partial charge in [0, 0.05) is 12.1 Å². The molecule has 0 radical (unpaired) electrons. The summed E-state index contributed by atoms with van der Waals surface area (Å²) in [5.74, 6) is 0.108. The highest BCUT2D eigenvalue weighted by molar-refractivity contribution is 5.40. The van der Waals surface area contributed by atoms with Gasteiger partial charge < -0.3 is 5.11 Å². The number of benzene rings is 1. The number of non-ortho nitro benzene ring substituents is 1. The van der Waals surface area contributed by atoms with Crippen molar-refractivity contribution in [1.82, 2.24) is 15.0 Å². The van der Waals surface area contributed by atoms with Crippen LogP contribution in [0.2, 0.25) is 0 Å². The van der Waals surface area contributed by atoms with Gasteiger partial charge in [-0.05, 0) is 24.5 Å². The Morgan fingerprint density at radius 2 is 2.05 bits per heavy atom. The number of hydrogen-bond acceptors (Lipinski definition) is 5. The summed E-state index contributed by atoms with van der Waals surface area (Å²) in [6.45, 7) is 4.04. The second kappa shape index (κ2) is 6.45. The van der Waals surface area contributed by atoms with Gasteiger partial charge in [0.2, 0.25) is 0 Å². The van der Waals surface area contributed by atoms with Crippen molar-refractivity contribution < 1.29 is 10.0 Å². The quantitative estimate of drug-likeness (QED) is 0.652. The van der Waals surface area contributed by atoms with Crippen molar-refractivity contribution >= 4 is 5.69 Å². The average Bonchev–Trinajstić information content (AvgIpc) is 2.96. The van der Waals surface area contributed by atoms with E-state index in [2.05, 4.69) is 17.2 Å². The Labute approximate surface area is 122 Å². The molecule has 1 N–H and O–H groups in total. The molecule has 0 aliphatic rings. The van der Waals surface area contributed by atoms with Crippen LogP contribution < -0.4 is 0 Å². The van der Waals surface area contributed by atoms with E-state index in [1.165, 1.54) is 16.8 Å². The number of hydrogen-bond donors (Lipinski definition) is 1. The second-order valence-corrected chi connectivity index (χ2v) is 5.07. The van der Waals surface area contributed by atoms with Gasteiger partial charge in [-0.1, -0.05) is 25.5 Å². The van der Waals surface area contributed by atoms with Crippen molar-refractivity contribution in [3.63, 3.8) is 0 Å². The fourth-order valence-corrected chi connectivity index (χ4v) is 2.17. The minimum Gasteiger partial charge on any atom is -0.386 e. The second-order valence-electron chi connectivity index (χ2n) is 5.07. The zero-order valence-electron chi connectivity index (χ0n) is 12.0. The molecule has 7 nitrogen and oxygen atoms in total. The molecule has 2 atom stereocenters. The molecule has 0 saturated heterocycles. The molecule has 2 aromatic rings. The largest absolute Gasteiger partial charge is 0.386 e. The molecule has 1 heterocycles. The molecule has 2 rings (SSSR count). The molecule has 0 bridgehead atoms. The van der Waals surface area contributed by atoms with Crippen LogP contribution in [-0.4, -0.2) is 25.0 Å². The Hall–Kier alpha value is -2.28. The molecular weight excluding hydrogens is 272 g/mol. The summed E-state index contributed by atoms with van der Waals surface area (Å²) in [5, 5.41) is 28.8. The SMILES string of the molecule is CCCC(C)C(O)c1cn(-c2ccc([N+](=O)[O-])cc2)nn1. The summed E-state index contributed by atoms with van der Waals surface area (Å²) >= 11 is 0. The third-order valence-corrected chi connectivity index (χ3v) is 3.42. The summed E-state index contributed by atoms with van der Waals surface area (Å²) in [7, 11) is 0. The van der Waals surface area contributed by atoms with Crippen LogP contribution in [0.1, 0.15) is 38.5 Å². The number of aliphatic hydroxyl groups excluding tert-OH is 1. The van der Waals surface area contributed by atoms with E-state index in [0.717, 1.165) is 12.8 Å². The first-order chi connectivity index (χ1) is 10.0. The highest BCUT2D eigenvalue weighted by atomic mass is 16.6. The molecule has 1 aromatic carbocycles. The van der Waals surface area contributed by atoms with E-state index in [-0.39, 0.29) is 11.6 Å². The van der Waals surface area contributed by atoms with Gasteiger partial charge in [0.05, 0.1) is 16.8 Å². The molecular formula is C14H18N4O3. The number of nitrogens with zero attached hydrogens (tertiary/aromatic N) is 4. The van der Waals surface area contributed by atoms with Gasteiger partial charge in [0.1, 0.15) is 11.8 Å². The molecule has 2 unspecified atom stereocenters. The van der Waals surface area contributed by atoms with Crippen molar-refractivity contribution in [2.45, 2.75) is 32.8 Å². The third-order valence-electron chi connectivity index (χ3n) is 3.42. The summed E-state index contributed by atoms with van der Waals surface area (Å²) in [5.41, 5.74) is 1.19. The van der Waals surface area contributed by atoms with Crippen LogP contribution in [-0.2, 0) is 0 Å². The maximum absolute atomic E-state index is 10.6. The summed E-state index contributed by atoms with van der Waals surface area (Å²) in [6.07, 6.45) is 2.90. The Bertz CT molecular complexity index is 609. The van der Waals surface area contributed by atoms with Crippen LogP contribution in [0.5, 0.6) is 0 Å². The van der Waals surface area contributed by atoms with E-state index in [9.17, 15) is 15.2 Å². The zero-order valence-corrected chi connectivity index (χ0v) is 12.0. The lowest BCUT2D eigenvalue weighted by molar-refractivity contribution is -0.384. The van der Waals surface area contributed by atoms with Gasteiger partial charge >= 0.3 is 0 Å². The lowest BCUT2D eigenvalue weighted by Gasteiger charge is -2.15. The Kier molecular flexibility index (Phi) is 4.64. The van der Waals surface area contributed by atoms with Crippen LogP contribution in [0.15, 0.2) is 30.5 Å². The van der Waals surface area contributed by atoms with E-state index in [1.807, 2.05) is 6.92 Å². The molecule has 112 valence electrons. The Morgan fingerprint density at radius 3 is 2.62 bits per heavy atom. The van der Waals surface area contributed by atoms with Crippen molar-refractivity contribution in [3.8, 4) is 5.69 Å². The minimum atomic E-state index is -0.656. The first-order valence-electron chi connectivity index (χ1n) is 6.88. The third kappa shape index (κ3) is 3.43. The van der Waals surface area contributed by atoms with Crippen molar-refractivity contribution in [3.05, 3.63) is 46.3 Å². The smallest absolute Gasteiger partial charge is 0.269 e.